The van der Waals surface area contributed by atoms with Crippen molar-refractivity contribution >= 4 is 17.9 Å². The molecule has 0 aliphatic carbocycles. The average molecular weight is 335 g/mol. The average Bonchev–Trinajstić information content (AvgIpc) is 2.55. The number of carbonyl (C=O) groups is 3. The zero-order chi connectivity index (χ0) is 17.9. The molecule has 0 aliphatic rings. The van der Waals surface area contributed by atoms with Crippen LogP contribution >= 0.6 is 0 Å². The predicted octanol–water partition coefficient (Wildman–Crippen LogP) is 1.49. The lowest BCUT2D eigenvalue weighted by Gasteiger charge is -2.22. The summed E-state index contributed by atoms with van der Waals surface area (Å²) in [6, 6.07) is 8.37. The van der Waals surface area contributed by atoms with Gasteiger partial charge in [0.15, 0.2) is 0 Å². The molecule has 0 aromatic heterocycles. The number of nitrogens with one attached hydrogen (secondary N) is 3. The molecule has 1 atom stereocenters. The molecule has 0 aliphatic heterocycles. The van der Waals surface area contributed by atoms with Crippen LogP contribution in [-0.4, -0.2) is 35.6 Å². The molecule has 0 heterocycles. The summed E-state index contributed by atoms with van der Waals surface area (Å²) in [7, 11) is 0. The van der Waals surface area contributed by atoms with Crippen LogP contribution < -0.4 is 16.0 Å². The van der Waals surface area contributed by atoms with Gasteiger partial charge in [0.25, 0.3) is 0 Å². The number of aliphatic carboxylic acids is 1. The normalized spacial score (nSPS) is 11.6. The van der Waals surface area contributed by atoms with E-state index in [1.54, 1.807) is 0 Å². The fourth-order valence-electron chi connectivity index (χ4n) is 2.07. The summed E-state index contributed by atoms with van der Waals surface area (Å²) in [5.74, 6) is -1.31. The predicted molar refractivity (Wildman–Crippen MR) is 90.3 cm³/mol. The van der Waals surface area contributed by atoms with E-state index in [0.717, 1.165) is 5.56 Å². The first-order valence-electron chi connectivity index (χ1n) is 7.98. The Hall–Kier alpha value is -2.57. The topological polar surface area (TPSA) is 108 Å². The van der Waals surface area contributed by atoms with Crippen LogP contribution in [0.3, 0.4) is 0 Å². The highest BCUT2D eigenvalue weighted by molar-refractivity contribution is 5.87. The van der Waals surface area contributed by atoms with Gasteiger partial charge in [-0.2, -0.15) is 0 Å². The van der Waals surface area contributed by atoms with Crippen molar-refractivity contribution in [2.75, 3.05) is 6.54 Å². The molecule has 132 valence electrons. The highest BCUT2D eigenvalue weighted by Crippen LogP contribution is 2.03. The standard InChI is InChI=1S/C17H25N3O4/c1-12(2)15(16(23)18-10-6-9-14(21)22)20-17(24)19-11-13-7-4-3-5-8-13/h3-5,7-8,12,15H,6,9-11H2,1-2H3,(H,18,23)(H,21,22)(H2,19,20,24). The van der Waals surface area contributed by atoms with Crippen molar-refractivity contribution in [2.24, 2.45) is 5.92 Å². The molecule has 3 amide bonds. The minimum atomic E-state index is -0.900. The first-order chi connectivity index (χ1) is 11.4. The zero-order valence-electron chi connectivity index (χ0n) is 14.0. The van der Waals surface area contributed by atoms with Crippen LogP contribution in [0.4, 0.5) is 4.79 Å². The van der Waals surface area contributed by atoms with Gasteiger partial charge in [-0.25, -0.2) is 4.79 Å². The Bertz CT molecular complexity index is 546. The Labute approximate surface area is 141 Å². The molecule has 24 heavy (non-hydrogen) atoms. The van der Waals surface area contributed by atoms with Crippen molar-refractivity contribution in [3.63, 3.8) is 0 Å². The number of carboxylic acids is 1. The van der Waals surface area contributed by atoms with E-state index in [0.29, 0.717) is 13.0 Å². The quantitative estimate of drug-likeness (QED) is 0.513. The van der Waals surface area contributed by atoms with Crippen molar-refractivity contribution in [2.45, 2.75) is 39.3 Å². The van der Waals surface area contributed by atoms with Crippen LogP contribution in [0.25, 0.3) is 0 Å². The van der Waals surface area contributed by atoms with Gasteiger partial charge in [0.2, 0.25) is 5.91 Å². The Balaban J connectivity index is 2.42. The van der Waals surface area contributed by atoms with Gasteiger partial charge in [-0.3, -0.25) is 9.59 Å². The second kappa shape index (κ2) is 10.3. The SMILES string of the molecule is CC(C)C(NC(=O)NCc1ccccc1)C(=O)NCCCC(=O)O. The molecule has 1 unspecified atom stereocenters. The van der Waals surface area contributed by atoms with Crippen molar-refractivity contribution < 1.29 is 19.5 Å². The van der Waals surface area contributed by atoms with Crippen LogP contribution in [0.2, 0.25) is 0 Å². The van der Waals surface area contributed by atoms with E-state index in [9.17, 15) is 14.4 Å². The summed E-state index contributed by atoms with van der Waals surface area (Å²) >= 11 is 0. The summed E-state index contributed by atoms with van der Waals surface area (Å²) in [5, 5.41) is 16.6. The molecule has 0 bridgehead atoms. The molecular weight excluding hydrogens is 310 g/mol. The van der Waals surface area contributed by atoms with Gasteiger partial charge in [-0.1, -0.05) is 44.2 Å². The van der Waals surface area contributed by atoms with E-state index in [1.165, 1.54) is 0 Å². The second-order valence-electron chi connectivity index (χ2n) is 5.82. The lowest BCUT2D eigenvalue weighted by atomic mass is 10.0. The fraction of sp³-hybridized carbons (Fsp3) is 0.471. The maximum atomic E-state index is 12.1. The number of benzene rings is 1. The Kier molecular flexibility index (Phi) is 8.32. The lowest BCUT2D eigenvalue weighted by molar-refractivity contribution is -0.137. The van der Waals surface area contributed by atoms with E-state index < -0.39 is 18.0 Å². The number of carbonyl (C=O) groups excluding carboxylic acids is 2. The smallest absolute Gasteiger partial charge is 0.315 e. The Morgan fingerprint density at radius 2 is 1.75 bits per heavy atom. The van der Waals surface area contributed by atoms with E-state index in [4.69, 9.17) is 5.11 Å². The number of hydrogen-bond acceptors (Lipinski definition) is 3. The fourth-order valence-corrected chi connectivity index (χ4v) is 2.07. The Morgan fingerprint density at radius 3 is 2.33 bits per heavy atom. The number of urea groups is 1. The van der Waals surface area contributed by atoms with Gasteiger partial charge < -0.3 is 21.1 Å². The van der Waals surface area contributed by atoms with Crippen molar-refractivity contribution in [3.05, 3.63) is 35.9 Å². The van der Waals surface area contributed by atoms with E-state index >= 15 is 0 Å². The highest BCUT2D eigenvalue weighted by atomic mass is 16.4. The van der Waals surface area contributed by atoms with E-state index in [2.05, 4.69) is 16.0 Å². The molecule has 7 nitrogen and oxygen atoms in total. The summed E-state index contributed by atoms with van der Waals surface area (Å²) in [6.45, 7) is 4.30. The maximum Gasteiger partial charge on any atom is 0.315 e. The molecular formula is C17H25N3O4. The molecule has 0 saturated heterocycles. The summed E-state index contributed by atoms with van der Waals surface area (Å²) < 4.78 is 0. The van der Waals surface area contributed by atoms with Crippen LogP contribution in [0.5, 0.6) is 0 Å². The number of hydrogen-bond donors (Lipinski definition) is 4. The molecule has 0 saturated carbocycles. The third kappa shape index (κ3) is 7.62. The summed E-state index contributed by atoms with van der Waals surface area (Å²) in [4.78, 5) is 34.6. The van der Waals surface area contributed by atoms with Gasteiger partial charge in [0.05, 0.1) is 0 Å². The minimum absolute atomic E-state index is 0.00237. The van der Waals surface area contributed by atoms with Gasteiger partial charge in [-0.15, -0.1) is 0 Å². The van der Waals surface area contributed by atoms with Gasteiger partial charge in [0.1, 0.15) is 6.04 Å². The Morgan fingerprint density at radius 1 is 1.08 bits per heavy atom. The molecule has 1 rings (SSSR count). The molecule has 0 fully saturated rings. The number of carboxylic acid groups (broad SMARTS) is 1. The summed E-state index contributed by atoms with van der Waals surface area (Å²) in [6.07, 6.45) is 0.351. The van der Waals surface area contributed by atoms with Crippen molar-refractivity contribution in [1.82, 2.24) is 16.0 Å². The first kappa shape index (κ1) is 19.5. The molecule has 7 heteroatoms. The van der Waals surface area contributed by atoms with Crippen LogP contribution in [-0.2, 0) is 16.1 Å². The lowest BCUT2D eigenvalue weighted by Crippen LogP contribution is -2.52. The second-order valence-corrected chi connectivity index (χ2v) is 5.82. The molecule has 0 spiro atoms. The van der Waals surface area contributed by atoms with Gasteiger partial charge >= 0.3 is 12.0 Å². The highest BCUT2D eigenvalue weighted by Gasteiger charge is 2.23. The van der Waals surface area contributed by atoms with E-state index in [1.807, 2.05) is 44.2 Å². The van der Waals surface area contributed by atoms with Crippen LogP contribution in [0.15, 0.2) is 30.3 Å². The van der Waals surface area contributed by atoms with Crippen molar-refractivity contribution in [1.29, 1.82) is 0 Å². The first-order valence-corrected chi connectivity index (χ1v) is 7.98. The summed E-state index contributed by atoms with van der Waals surface area (Å²) in [5.41, 5.74) is 0.965. The molecule has 0 radical (unpaired) electrons. The zero-order valence-corrected chi connectivity index (χ0v) is 14.0. The van der Waals surface area contributed by atoms with Gasteiger partial charge in [0, 0.05) is 19.5 Å². The maximum absolute atomic E-state index is 12.1. The molecule has 1 aromatic rings. The number of rotatable bonds is 9. The van der Waals surface area contributed by atoms with E-state index in [-0.39, 0.29) is 24.8 Å². The third-order valence-corrected chi connectivity index (χ3v) is 3.40. The van der Waals surface area contributed by atoms with Crippen LogP contribution in [0.1, 0.15) is 32.3 Å². The van der Waals surface area contributed by atoms with Crippen LogP contribution in [0, 0.1) is 5.92 Å². The monoisotopic (exact) mass is 335 g/mol. The number of amides is 3. The van der Waals surface area contributed by atoms with Crippen molar-refractivity contribution in [3.8, 4) is 0 Å². The molecule has 1 aromatic carbocycles. The third-order valence-electron chi connectivity index (χ3n) is 3.40. The molecule has 4 N–H and O–H groups in total. The minimum Gasteiger partial charge on any atom is -0.481 e. The van der Waals surface area contributed by atoms with Gasteiger partial charge in [-0.05, 0) is 17.9 Å². The largest absolute Gasteiger partial charge is 0.481 e.